The number of aliphatic carboxylic acids is 1. The van der Waals surface area contributed by atoms with Crippen LogP contribution in [-0.4, -0.2) is 35.7 Å². The molecular formula is C10H21NO2S. The lowest BCUT2D eigenvalue weighted by Gasteiger charge is -2.22. The SMILES string of the molecule is CSCCC(C)NCC(C)(C)C(=O)O. The van der Waals surface area contributed by atoms with Crippen molar-refractivity contribution in [2.75, 3.05) is 18.6 Å². The van der Waals surface area contributed by atoms with Crippen LogP contribution in [0, 0.1) is 5.41 Å². The highest BCUT2D eigenvalue weighted by molar-refractivity contribution is 7.98. The molecule has 0 saturated carbocycles. The van der Waals surface area contributed by atoms with Crippen LogP contribution in [-0.2, 0) is 4.79 Å². The molecule has 0 spiro atoms. The van der Waals surface area contributed by atoms with Gasteiger partial charge in [-0.2, -0.15) is 11.8 Å². The van der Waals surface area contributed by atoms with E-state index in [4.69, 9.17) is 5.11 Å². The van der Waals surface area contributed by atoms with E-state index in [1.807, 2.05) is 11.8 Å². The van der Waals surface area contributed by atoms with Crippen LogP contribution in [0.25, 0.3) is 0 Å². The summed E-state index contributed by atoms with van der Waals surface area (Å²) in [7, 11) is 0. The van der Waals surface area contributed by atoms with Gasteiger partial charge in [0.1, 0.15) is 0 Å². The molecule has 0 bridgehead atoms. The second kappa shape index (κ2) is 6.30. The maximum atomic E-state index is 10.8. The molecule has 14 heavy (non-hydrogen) atoms. The molecule has 1 atom stereocenters. The number of thioether (sulfide) groups is 1. The summed E-state index contributed by atoms with van der Waals surface area (Å²) in [6.07, 6.45) is 3.16. The molecule has 2 N–H and O–H groups in total. The van der Waals surface area contributed by atoms with Gasteiger partial charge in [-0.3, -0.25) is 4.79 Å². The summed E-state index contributed by atoms with van der Waals surface area (Å²) in [5.41, 5.74) is -0.673. The number of rotatable bonds is 7. The molecule has 84 valence electrons. The van der Waals surface area contributed by atoms with E-state index in [0.717, 1.165) is 12.2 Å². The minimum atomic E-state index is -0.748. The van der Waals surface area contributed by atoms with Gasteiger partial charge in [-0.15, -0.1) is 0 Å². The van der Waals surface area contributed by atoms with Crippen LogP contribution in [0.4, 0.5) is 0 Å². The lowest BCUT2D eigenvalue weighted by Crippen LogP contribution is -2.40. The summed E-state index contributed by atoms with van der Waals surface area (Å²) in [6.45, 7) is 6.10. The fraction of sp³-hybridized carbons (Fsp3) is 0.900. The molecule has 0 aromatic carbocycles. The van der Waals surface area contributed by atoms with Crippen molar-refractivity contribution in [1.82, 2.24) is 5.32 Å². The Morgan fingerprint density at radius 1 is 1.57 bits per heavy atom. The van der Waals surface area contributed by atoms with Crippen LogP contribution in [0.1, 0.15) is 27.2 Å². The van der Waals surface area contributed by atoms with Gasteiger partial charge in [-0.05, 0) is 39.2 Å². The normalized spacial score (nSPS) is 14.0. The summed E-state index contributed by atoms with van der Waals surface area (Å²) in [6, 6.07) is 0.390. The lowest BCUT2D eigenvalue weighted by atomic mass is 9.93. The molecule has 0 aromatic rings. The van der Waals surface area contributed by atoms with Crippen molar-refractivity contribution in [3.05, 3.63) is 0 Å². The van der Waals surface area contributed by atoms with Crippen LogP contribution in [0.5, 0.6) is 0 Å². The van der Waals surface area contributed by atoms with Gasteiger partial charge < -0.3 is 10.4 Å². The summed E-state index contributed by atoms with van der Waals surface area (Å²) < 4.78 is 0. The molecular weight excluding hydrogens is 198 g/mol. The minimum absolute atomic E-state index is 0.390. The molecule has 0 aliphatic rings. The number of carbonyl (C=O) groups is 1. The highest BCUT2D eigenvalue weighted by Crippen LogP contribution is 2.13. The van der Waals surface area contributed by atoms with Crippen molar-refractivity contribution in [3.63, 3.8) is 0 Å². The molecule has 1 unspecified atom stereocenters. The molecule has 0 amide bonds. The second-order valence-electron chi connectivity index (χ2n) is 4.25. The molecule has 0 aliphatic carbocycles. The van der Waals surface area contributed by atoms with Gasteiger partial charge >= 0.3 is 5.97 Å². The van der Waals surface area contributed by atoms with Crippen LogP contribution in [0.2, 0.25) is 0 Å². The monoisotopic (exact) mass is 219 g/mol. The third kappa shape index (κ3) is 5.50. The van der Waals surface area contributed by atoms with Crippen molar-refractivity contribution in [3.8, 4) is 0 Å². The Kier molecular flexibility index (Phi) is 6.20. The van der Waals surface area contributed by atoms with Gasteiger partial charge in [-0.1, -0.05) is 0 Å². The first-order valence-corrected chi connectivity index (χ1v) is 6.25. The predicted molar refractivity (Wildman–Crippen MR) is 61.9 cm³/mol. The smallest absolute Gasteiger partial charge is 0.310 e. The van der Waals surface area contributed by atoms with Crippen molar-refractivity contribution in [1.29, 1.82) is 0 Å². The quantitative estimate of drug-likeness (QED) is 0.686. The Hall–Kier alpha value is -0.220. The van der Waals surface area contributed by atoms with Crippen molar-refractivity contribution < 1.29 is 9.90 Å². The minimum Gasteiger partial charge on any atom is -0.481 e. The Labute approximate surface area is 90.7 Å². The van der Waals surface area contributed by atoms with Crippen LogP contribution in [0.3, 0.4) is 0 Å². The summed E-state index contributed by atoms with van der Waals surface area (Å²) >= 11 is 1.81. The molecule has 0 rings (SSSR count). The highest BCUT2D eigenvalue weighted by Gasteiger charge is 2.26. The predicted octanol–water partition coefficient (Wildman–Crippen LogP) is 1.83. The number of carboxylic acids is 1. The van der Waals surface area contributed by atoms with E-state index in [-0.39, 0.29) is 0 Å². The number of hydrogen-bond donors (Lipinski definition) is 2. The number of hydrogen-bond acceptors (Lipinski definition) is 3. The Bertz CT molecular complexity index is 183. The fourth-order valence-corrected chi connectivity index (χ4v) is 1.49. The maximum absolute atomic E-state index is 10.8. The third-order valence-electron chi connectivity index (χ3n) is 2.23. The van der Waals surface area contributed by atoms with Crippen molar-refractivity contribution in [2.24, 2.45) is 5.41 Å². The average Bonchev–Trinajstić information content (AvgIpc) is 2.11. The van der Waals surface area contributed by atoms with Gasteiger partial charge in [0, 0.05) is 12.6 Å². The molecule has 0 aromatic heterocycles. The Balaban J connectivity index is 3.75. The molecule has 0 fully saturated rings. The second-order valence-corrected chi connectivity index (χ2v) is 5.24. The van der Waals surface area contributed by atoms with E-state index >= 15 is 0 Å². The topological polar surface area (TPSA) is 49.3 Å². The van der Waals surface area contributed by atoms with Crippen molar-refractivity contribution in [2.45, 2.75) is 33.2 Å². The highest BCUT2D eigenvalue weighted by atomic mass is 32.2. The summed E-state index contributed by atoms with van der Waals surface area (Å²) in [5.74, 6) is 0.365. The van der Waals surface area contributed by atoms with E-state index in [1.165, 1.54) is 0 Å². The molecule has 0 aliphatic heterocycles. The first-order chi connectivity index (χ1) is 6.40. The summed E-state index contributed by atoms with van der Waals surface area (Å²) in [4.78, 5) is 10.8. The molecule has 3 nitrogen and oxygen atoms in total. The van der Waals surface area contributed by atoms with Crippen LogP contribution in [0.15, 0.2) is 0 Å². The van der Waals surface area contributed by atoms with Gasteiger partial charge in [0.05, 0.1) is 5.41 Å². The molecule has 4 heteroatoms. The maximum Gasteiger partial charge on any atom is 0.310 e. The van der Waals surface area contributed by atoms with Gasteiger partial charge in [0.15, 0.2) is 0 Å². The van der Waals surface area contributed by atoms with Gasteiger partial charge in [-0.25, -0.2) is 0 Å². The largest absolute Gasteiger partial charge is 0.481 e. The van der Waals surface area contributed by atoms with E-state index in [1.54, 1.807) is 13.8 Å². The van der Waals surface area contributed by atoms with E-state index in [2.05, 4.69) is 18.5 Å². The zero-order chi connectivity index (χ0) is 11.2. The Morgan fingerprint density at radius 3 is 2.57 bits per heavy atom. The molecule has 0 radical (unpaired) electrons. The van der Waals surface area contributed by atoms with Crippen molar-refractivity contribution >= 4 is 17.7 Å². The standard InChI is InChI=1S/C10H21NO2S/c1-8(5-6-14-4)11-7-10(2,3)9(12)13/h8,11H,5-7H2,1-4H3,(H,12,13). The zero-order valence-electron chi connectivity index (χ0n) is 9.46. The first kappa shape index (κ1) is 13.8. The molecule has 0 heterocycles. The summed E-state index contributed by atoms with van der Waals surface area (Å²) in [5, 5.41) is 12.1. The van der Waals surface area contributed by atoms with Crippen LogP contribution >= 0.6 is 11.8 Å². The third-order valence-corrected chi connectivity index (χ3v) is 2.87. The zero-order valence-corrected chi connectivity index (χ0v) is 10.3. The Morgan fingerprint density at radius 2 is 2.14 bits per heavy atom. The van der Waals surface area contributed by atoms with Gasteiger partial charge in [0.2, 0.25) is 0 Å². The number of nitrogens with one attached hydrogen (secondary N) is 1. The average molecular weight is 219 g/mol. The molecule has 0 saturated heterocycles. The van der Waals surface area contributed by atoms with E-state index < -0.39 is 11.4 Å². The van der Waals surface area contributed by atoms with Gasteiger partial charge in [0.25, 0.3) is 0 Å². The van der Waals surface area contributed by atoms with E-state index in [0.29, 0.717) is 12.6 Å². The number of carboxylic acid groups (broad SMARTS) is 1. The van der Waals surface area contributed by atoms with E-state index in [9.17, 15) is 4.79 Å². The first-order valence-electron chi connectivity index (χ1n) is 4.86. The van der Waals surface area contributed by atoms with Crippen LogP contribution < -0.4 is 5.32 Å². The fourth-order valence-electron chi connectivity index (χ4n) is 0.902. The lowest BCUT2D eigenvalue weighted by molar-refractivity contribution is -0.146.